The first-order valence-corrected chi connectivity index (χ1v) is 8.52. The molecule has 1 saturated heterocycles. The van der Waals surface area contributed by atoms with Crippen LogP contribution in [-0.2, 0) is 11.3 Å². The predicted octanol–water partition coefficient (Wildman–Crippen LogP) is 1.95. The highest BCUT2D eigenvalue weighted by Crippen LogP contribution is 2.19. The highest BCUT2D eigenvalue weighted by atomic mass is 16.2. The molecule has 3 rings (SSSR count). The molecule has 6 heteroatoms. The van der Waals surface area contributed by atoms with Gasteiger partial charge in [-0.05, 0) is 49.7 Å². The number of piperidine rings is 1. The Balaban J connectivity index is 1.65. The van der Waals surface area contributed by atoms with Crippen molar-refractivity contribution in [3.63, 3.8) is 0 Å². The van der Waals surface area contributed by atoms with E-state index >= 15 is 0 Å². The van der Waals surface area contributed by atoms with Crippen molar-refractivity contribution in [2.45, 2.75) is 19.4 Å². The Labute approximate surface area is 147 Å². The van der Waals surface area contributed by atoms with Gasteiger partial charge in [-0.2, -0.15) is 0 Å². The molecule has 0 saturated carbocycles. The first kappa shape index (κ1) is 17.1. The van der Waals surface area contributed by atoms with Crippen molar-refractivity contribution < 1.29 is 9.59 Å². The number of aromatic nitrogens is 1. The summed E-state index contributed by atoms with van der Waals surface area (Å²) in [6, 6.07) is 10.8. The van der Waals surface area contributed by atoms with Gasteiger partial charge in [-0.3, -0.25) is 14.6 Å². The summed E-state index contributed by atoms with van der Waals surface area (Å²) in [5, 5.41) is 9.03. The minimum atomic E-state index is -0.218. The van der Waals surface area contributed by atoms with E-state index in [4.69, 9.17) is 0 Å². The molecule has 0 aliphatic carbocycles. The molecule has 1 fully saturated rings. The lowest BCUT2D eigenvalue weighted by molar-refractivity contribution is -0.120. The molecule has 3 N–H and O–H groups in total. The first-order valence-electron chi connectivity index (χ1n) is 8.52. The van der Waals surface area contributed by atoms with Gasteiger partial charge in [0.2, 0.25) is 5.91 Å². The fraction of sp³-hybridized carbons (Fsp3) is 0.316. The van der Waals surface area contributed by atoms with E-state index in [-0.39, 0.29) is 17.7 Å². The van der Waals surface area contributed by atoms with Crippen LogP contribution in [0.5, 0.6) is 0 Å². The van der Waals surface area contributed by atoms with Crippen LogP contribution in [0.1, 0.15) is 28.8 Å². The van der Waals surface area contributed by atoms with E-state index in [2.05, 4.69) is 20.9 Å². The fourth-order valence-corrected chi connectivity index (χ4v) is 2.89. The summed E-state index contributed by atoms with van der Waals surface area (Å²) < 4.78 is 0. The monoisotopic (exact) mass is 338 g/mol. The van der Waals surface area contributed by atoms with E-state index in [1.165, 1.54) is 0 Å². The summed E-state index contributed by atoms with van der Waals surface area (Å²) in [6.45, 7) is 2.10. The Morgan fingerprint density at radius 1 is 1.12 bits per heavy atom. The summed E-state index contributed by atoms with van der Waals surface area (Å²) >= 11 is 0. The molecule has 6 nitrogen and oxygen atoms in total. The molecular weight excluding hydrogens is 316 g/mol. The summed E-state index contributed by atoms with van der Waals surface area (Å²) in [6.07, 6.45) is 5.05. The SMILES string of the molecule is O=C(NCc1cccnc1)c1ccccc1NC(=O)C1CCNCC1. The number of pyridine rings is 1. The molecule has 2 heterocycles. The zero-order valence-corrected chi connectivity index (χ0v) is 14.0. The summed E-state index contributed by atoms with van der Waals surface area (Å²) in [5.74, 6) is -0.244. The average Bonchev–Trinajstić information content (AvgIpc) is 2.68. The van der Waals surface area contributed by atoms with E-state index < -0.39 is 0 Å². The summed E-state index contributed by atoms with van der Waals surface area (Å²) in [4.78, 5) is 29.0. The van der Waals surface area contributed by atoms with Crippen molar-refractivity contribution in [3.8, 4) is 0 Å². The van der Waals surface area contributed by atoms with Crippen molar-refractivity contribution in [2.75, 3.05) is 18.4 Å². The number of carbonyl (C=O) groups excluding carboxylic acids is 2. The third-order valence-electron chi connectivity index (χ3n) is 4.32. The van der Waals surface area contributed by atoms with E-state index in [0.29, 0.717) is 17.8 Å². The van der Waals surface area contributed by atoms with Crippen LogP contribution in [0.3, 0.4) is 0 Å². The summed E-state index contributed by atoms with van der Waals surface area (Å²) in [5.41, 5.74) is 1.94. The number of hydrogen-bond donors (Lipinski definition) is 3. The molecule has 2 aromatic rings. The van der Waals surface area contributed by atoms with Gasteiger partial charge < -0.3 is 16.0 Å². The third kappa shape index (κ3) is 4.64. The lowest BCUT2D eigenvalue weighted by Gasteiger charge is -2.22. The molecule has 1 aliphatic heterocycles. The van der Waals surface area contributed by atoms with Gasteiger partial charge in [0, 0.05) is 24.9 Å². The van der Waals surface area contributed by atoms with Crippen LogP contribution in [0.25, 0.3) is 0 Å². The maximum absolute atomic E-state index is 12.5. The Hall–Kier alpha value is -2.73. The molecule has 130 valence electrons. The molecular formula is C19H22N4O2. The van der Waals surface area contributed by atoms with Crippen LogP contribution in [0.4, 0.5) is 5.69 Å². The van der Waals surface area contributed by atoms with Crippen LogP contribution in [0.2, 0.25) is 0 Å². The number of carbonyl (C=O) groups is 2. The molecule has 25 heavy (non-hydrogen) atoms. The van der Waals surface area contributed by atoms with E-state index in [0.717, 1.165) is 31.5 Å². The van der Waals surface area contributed by atoms with E-state index in [1.54, 1.807) is 30.6 Å². The van der Waals surface area contributed by atoms with Crippen molar-refractivity contribution >= 4 is 17.5 Å². The molecule has 0 spiro atoms. The van der Waals surface area contributed by atoms with Gasteiger partial charge in [-0.25, -0.2) is 0 Å². The van der Waals surface area contributed by atoms with Gasteiger partial charge in [0.1, 0.15) is 0 Å². The number of amides is 2. The van der Waals surface area contributed by atoms with Gasteiger partial charge in [0.15, 0.2) is 0 Å². The number of hydrogen-bond acceptors (Lipinski definition) is 4. The topological polar surface area (TPSA) is 83.1 Å². The molecule has 0 bridgehead atoms. The lowest BCUT2D eigenvalue weighted by atomic mass is 9.97. The average molecular weight is 338 g/mol. The lowest BCUT2D eigenvalue weighted by Crippen LogP contribution is -2.35. The van der Waals surface area contributed by atoms with Crippen molar-refractivity contribution in [1.82, 2.24) is 15.6 Å². The van der Waals surface area contributed by atoms with Crippen molar-refractivity contribution in [2.24, 2.45) is 5.92 Å². The fourth-order valence-electron chi connectivity index (χ4n) is 2.89. The van der Waals surface area contributed by atoms with E-state index in [1.807, 2.05) is 18.2 Å². The van der Waals surface area contributed by atoms with Crippen molar-refractivity contribution in [3.05, 3.63) is 59.9 Å². The Bertz CT molecular complexity index is 727. The molecule has 1 aliphatic rings. The maximum atomic E-state index is 12.5. The van der Waals surface area contributed by atoms with Gasteiger partial charge in [0.05, 0.1) is 11.3 Å². The normalized spacial score (nSPS) is 14.7. The molecule has 0 radical (unpaired) electrons. The van der Waals surface area contributed by atoms with Gasteiger partial charge in [-0.15, -0.1) is 0 Å². The number of rotatable bonds is 5. The second-order valence-electron chi connectivity index (χ2n) is 6.10. The number of nitrogens with one attached hydrogen (secondary N) is 3. The molecule has 0 unspecified atom stereocenters. The van der Waals surface area contributed by atoms with Crippen LogP contribution in [0, 0.1) is 5.92 Å². The maximum Gasteiger partial charge on any atom is 0.253 e. The molecule has 1 aromatic heterocycles. The standard InChI is InChI=1S/C19H22N4O2/c24-18(15-7-10-20-11-8-15)23-17-6-2-1-5-16(17)19(25)22-13-14-4-3-9-21-12-14/h1-6,9,12,15,20H,7-8,10-11,13H2,(H,22,25)(H,23,24). The Kier molecular flexibility index (Phi) is 5.74. The summed E-state index contributed by atoms with van der Waals surface area (Å²) in [7, 11) is 0. The van der Waals surface area contributed by atoms with Crippen LogP contribution < -0.4 is 16.0 Å². The zero-order valence-electron chi connectivity index (χ0n) is 14.0. The first-order chi connectivity index (χ1) is 12.2. The second-order valence-corrected chi connectivity index (χ2v) is 6.10. The van der Waals surface area contributed by atoms with Gasteiger partial charge in [-0.1, -0.05) is 18.2 Å². The Morgan fingerprint density at radius 2 is 1.92 bits per heavy atom. The van der Waals surface area contributed by atoms with Crippen LogP contribution in [-0.4, -0.2) is 29.9 Å². The molecule has 2 amide bonds. The number of nitrogens with zero attached hydrogens (tertiary/aromatic N) is 1. The van der Waals surface area contributed by atoms with Crippen LogP contribution in [0.15, 0.2) is 48.8 Å². The largest absolute Gasteiger partial charge is 0.348 e. The van der Waals surface area contributed by atoms with Gasteiger partial charge in [0.25, 0.3) is 5.91 Å². The minimum absolute atomic E-state index is 0.00670. The Morgan fingerprint density at radius 3 is 2.68 bits per heavy atom. The third-order valence-corrected chi connectivity index (χ3v) is 4.32. The quantitative estimate of drug-likeness (QED) is 0.778. The minimum Gasteiger partial charge on any atom is -0.348 e. The second kappa shape index (κ2) is 8.39. The van der Waals surface area contributed by atoms with Gasteiger partial charge >= 0.3 is 0 Å². The highest BCUT2D eigenvalue weighted by molar-refractivity contribution is 6.04. The number of benzene rings is 1. The predicted molar refractivity (Wildman–Crippen MR) is 96.1 cm³/mol. The van der Waals surface area contributed by atoms with Crippen LogP contribution >= 0.6 is 0 Å². The zero-order chi connectivity index (χ0) is 17.5. The number of para-hydroxylation sites is 1. The molecule has 0 atom stereocenters. The highest BCUT2D eigenvalue weighted by Gasteiger charge is 2.22. The molecule has 1 aromatic carbocycles. The smallest absolute Gasteiger partial charge is 0.253 e. The van der Waals surface area contributed by atoms with Crippen molar-refractivity contribution in [1.29, 1.82) is 0 Å². The number of anilines is 1. The van der Waals surface area contributed by atoms with E-state index in [9.17, 15) is 9.59 Å².